The van der Waals surface area contributed by atoms with Crippen molar-refractivity contribution < 1.29 is 0 Å². The molecule has 6 aromatic heterocycles. The largest absolute Gasteiger partial charge is 0.309 e. The van der Waals surface area contributed by atoms with Gasteiger partial charge in [0.15, 0.2) is 0 Å². The van der Waals surface area contributed by atoms with Gasteiger partial charge in [0.05, 0.1) is 44.1 Å². The van der Waals surface area contributed by atoms with E-state index in [-0.39, 0.29) is 0 Å². The fraction of sp³-hybridized carbons (Fsp3) is 0. The topological polar surface area (TPSA) is 19.7 Å². The summed E-state index contributed by atoms with van der Waals surface area (Å²) in [6.45, 7) is 0. The summed E-state index contributed by atoms with van der Waals surface area (Å²) in [6, 6.07) is 133. The van der Waals surface area contributed by atoms with E-state index < -0.39 is 0 Å². The Hall–Kier alpha value is -12.8. The van der Waals surface area contributed by atoms with Gasteiger partial charge in [0.1, 0.15) is 0 Å². The Balaban J connectivity index is 0.000000133. The lowest BCUT2D eigenvalue weighted by atomic mass is 9.99. The first kappa shape index (κ1) is 58.2. The number of fused-ring (bicyclic) bond motifs is 18. The van der Waals surface area contributed by atoms with Crippen LogP contribution in [0.4, 0.5) is 0 Å². The molecule has 0 aliphatic rings. The van der Waals surface area contributed by atoms with Gasteiger partial charge in [-0.05, 0) is 190 Å². The molecule has 22 rings (SSSR count). The van der Waals surface area contributed by atoms with Crippen molar-refractivity contribution in [2.24, 2.45) is 0 Å². The van der Waals surface area contributed by atoms with Crippen molar-refractivity contribution in [1.82, 2.24) is 18.3 Å². The van der Waals surface area contributed by atoms with E-state index in [9.17, 15) is 0 Å². The second kappa shape index (κ2) is 23.4. The van der Waals surface area contributed by atoms with Crippen molar-refractivity contribution in [3.8, 4) is 67.3 Å². The number of nitrogens with zero attached hydrogens (tertiary/aromatic N) is 4. The molecular formula is C96H60N4S2. The highest BCUT2D eigenvalue weighted by Crippen LogP contribution is 2.46. The van der Waals surface area contributed by atoms with Crippen molar-refractivity contribution in [2.45, 2.75) is 0 Å². The lowest BCUT2D eigenvalue weighted by Crippen LogP contribution is -1.94. The van der Waals surface area contributed by atoms with E-state index >= 15 is 0 Å². The van der Waals surface area contributed by atoms with Crippen LogP contribution < -0.4 is 0 Å². The quantitative estimate of drug-likeness (QED) is 0.144. The standard InChI is InChI=1S/2C48H30N2S/c1-2-13-34(14-3-1)49-42-20-7-4-16-37(42)40-29-31(24-26-44(40)49)32-25-27-45-41(30-32)38-17-5-8-21-43(38)50(45)35-15-10-12-33(28-35)36-19-11-23-47-48(36)39-18-6-9-22-46(39)51-47;1-2-11-34(12-3-1)49-42-17-7-4-13-37(42)40-29-32(23-27-44(40)49)33-24-28-45-41(30-33)38-14-5-8-18-43(38)50(45)35-25-21-31(22-26-35)36-16-10-20-47-48(36)39-15-6-9-19-46(39)51-47/h2*1-30H. The van der Waals surface area contributed by atoms with Gasteiger partial charge < -0.3 is 18.3 Å². The monoisotopic (exact) mass is 1330 g/mol. The Morgan fingerprint density at radius 1 is 0.157 bits per heavy atom. The second-order valence-electron chi connectivity index (χ2n) is 26.7. The Morgan fingerprint density at radius 2 is 0.441 bits per heavy atom. The third kappa shape index (κ3) is 9.20. The predicted octanol–water partition coefficient (Wildman–Crippen LogP) is 27.2. The summed E-state index contributed by atoms with van der Waals surface area (Å²) in [5, 5.41) is 15.4. The molecule has 22 aromatic rings. The van der Waals surface area contributed by atoms with E-state index in [1.165, 1.54) is 183 Å². The molecule has 0 fully saturated rings. The Kier molecular flexibility index (Phi) is 13.3. The number of hydrogen-bond donors (Lipinski definition) is 0. The number of rotatable bonds is 8. The summed E-state index contributed by atoms with van der Waals surface area (Å²) in [6.07, 6.45) is 0. The van der Waals surface area contributed by atoms with Gasteiger partial charge in [0.2, 0.25) is 0 Å². The van der Waals surface area contributed by atoms with Gasteiger partial charge in [-0.3, -0.25) is 0 Å². The van der Waals surface area contributed by atoms with Crippen LogP contribution in [0, 0.1) is 0 Å². The summed E-state index contributed by atoms with van der Waals surface area (Å²) in [7, 11) is 0. The van der Waals surface area contributed by atoms with Gasteiger partial charge in [-0.1, -0.05) is 218 Å². The summed E-state index contributed by atoms with van der Waals surface area (Å²) in [5.74, 6) is 0. The maximum absolute atomic E-state index is 2.43. The predicted molar refractivity (Wildman–Crippen MR) is 438 cm³/mol. The number of thiophene rings is 2. The molecule has 0 atom stereocenters. The van der Waals surface area contributed by atoms with E-state index in [1.54, 1.807) is 0 Å². The van der Waals surface area contributed by atoms with Crippen LogP contribution in [0.3, 0.4) is 0 Å². The van der Waals surface area contributed by atoms with Crippen LogP contribution in [0.5, 0.6) is 0 Å². The third-order valence-electron chi connectivity index (χ3n) is 21.0. The molecule has 476 valence electrons. The van der Waals surface area contributed by atoms with Gasteiger partial charge in [-0.2, -0.15) is 0 Å². The summed E-state index contributed by atoms with van der Waals surface area (Å²) in [4.78, 5) is 0. The minimum absolute atomic E-state index is 1.16. The third-order valence-corrected chi connectivity index (χ3v) is 23.3. The van der Waals surface area contributed by atoms with Crippen LogP contribution in [-0.2, 0) is 0 Å². The van der Waals surface area contributed by atoms with Crippen molar-refractivity contribution in [2.75, 3.05) is 0 Å². The van der Waals surface area contributed by atoms with Crippen LogP contribution in [0.1, 0.15) is 0 Å². The maximum Gasteiger partial charge on any atom is 0.0541 e. The number of para-hydroxylation sites is 6. The highest BCUT2D eigenvalue weighted by molar-refractivity contribution is 7.26. The molecule has 6 heterocycles. The molecule has 0 saturated carbocycles. The first-order valence-corrected chi connectivity index (χ1v) is 36.5. The fourth-order valence-electron chi connectivity index (χ4n) is 16.5. The molecule has 0 unspecified atom stereocenters. The van der Waals surface area contributed by atoms with Gasteiger partial charge in [0, 0.05) is 106 Å². The maximum atomic E-state index is 2.43. The molecule has 0 N–H and O–H groups in total. The molecule has 0 spiro atoms. The fourth-order valence-corrected chi connectivity index (χ4v) is 18.8. The van der Waals surface area contributed by atoms with Crippen LogP contribution in [-0.4, -0.2) is 18.3 Å². The van der Waals surface area contributed by atoms with Crippen molar-refractivity contribution in [3.63, 3.8) is 0 Å². The Bertz CT molecular complexity index is 7120. The van der Waals surface area contributed by atoms with Gasteiger partial charge in [-0.15, -0.1) is 22.7 Å². The van der Waals surface area contributed by atoms with Crippen molar-refractivity contribution >= 4 is 150 Å². The molecule has 0 bridgehead atoms. The van der Waals surface area contributed by atoms with E-state index in [4.69, 9.17) is 0 Å². The van der Waals surface area contributed by atoms with Gasteiger partial charge in [0.25, 0.3) is 0 Å². The van der Waals surface area contributed by atoms with E-state index in [2.05, 4.69) is 382 Å². The van der Waals surface area contributed by atoms with E-state index in [0.29, 0.717) is 0 Å². The van der Waals surface area contributed by atoms with Crippen molar-refractivity contribution in [1.29, 1.82) is 0 Å². The molecular weight excluding hydrogens is 1270 g/mol. The number of hydrogen-bond acceptors (Lipinski definition) is 2. The molecule has 4 nitrogen and oxygen atoms in total. The molecule has 16 aromatic carbocycles. The van der Waals surface area contributed by atoms with Gasteiger partial charge >= 0.3 is 0 Å². The lowest BCUT2D eigenvalue weighted by molar-refractivity contribution is 1.18. The summed E-state index contributed by atoms with van der Waals surface area (Å²) < 4.78 is 14.9. The molecule has 0 aliphatic carbocycles. The highest BCUT2D eigenvalue weighted by atomic mass is 32.1. The first-order valence-electron chi connectivity index (χ1n) is 34.9. The summed E-state index contributed by atoms with van der Waals surface area (Å²) >= 11 is 3.74. The lowest BCUT2D eigenvalue weighted by Gasteiger charge is -2.12. The van der Waals surface area contributed by atoms with Crippen molar-refractivity contribution in [3.05, 3.63) is 364 Å². The minimum atomic E-state index is 1.16. The van der Waals surface area contributed by atoms with E-state index in [0.717, 1.165) is 11.4 Å². The SMILES string of the molecule is c1ccc(-n2c3ccccc3c3cc(-c4ccc5c(c4)c4ccccc4n5-c4ccc(-c5cccc6sc7ccccc7c56)cc4)ccc32)cc1.c1ccc(-n2c3ccccc3c3cc(-c4ccc5c(c4)c4ccccc4n5-c4cccc(-c5cccc6sc7ccccc7c56)c4)ccc32)cc1. The normalized spacial score (nSPS) is 11.9. The van der Waals surface area contributed by atoms with Crippen LogP contribution in [0.2, 0.25) is 0 Å². The number of aromatic nitrogens is 4. The first-order chi connectivity index (χ1) is 50.6. The second-order valence-corrected chi connectivity index (χ2v) is 28.8. The molecule has 0 radical (unpaired) electrons. The number of benzene rings is 16. The minimum Gasteiger partial charge on any atom is -0.309 e. The summed E-state index contributed by atoms with van der Waals surface area (Å²) in [5.41, 5.74) is 24.3. The van der Waals surface area contributed by atoms with Crippen LogP contribution in [0.15, 0.2) is 364 Å². The average molecular weight is 1330 g/mol. The molecule has 0 aliphatic heterocycles. The highest BCUT2D eigenvalue weighted by Gasteiger charge is 2.21. The molecule has 0 saturated heterocycles. The van der Waals surface area contributed by atoms with Gasteiger partial charge in [-0.25, -0.2) is 0 Å². The zero-order valence-electron chi connectivity index (χ0n) is 55.2. The smallest absolute Gasteiger partial charge is 0.0541 e. The zero-order chi connectivity index (χ0) is 66.9. The zero-order valence-corrected chi connectivity index (χ0v) is 56.9. The molecule has 6 heteroatoms. The molecule has 102 heavy (non-hydrogen) atoms. The van der Waals surface area contributed by atoms with E-state index in [1.807, 2.05) is 22.7 Å². The Morgan fingerprint density at radius 3 is 0.843 bits per heavy atom. The van der Waals surface area contributed by atoms with Crippen LogP contribution >= 0.6 is 22.7 Å². The van der Waals surface area contributed by atoms with Crippen LogP contribution in [0.25, 0.3) is 195 Å². The Labute approximate surface area is 595 Å². The molecule has 0 amide bonds. The average Bonchev–Trinajstić information content (AvgIpc) is 1.58.